The monoisotopic (exact) mass is 433 g/mol. The van der Waals surface area contributed by atoms with Crippen molar-refractivity contribution in [2.45, 2.75) is 46.5 Å². The number of nitrogens with one attached hydrogen (secondary N) is 1. The number of ether oxygens (including phenoxy) is 3. The number of rotatable bonds is 5. The molecule has 2 aliphatic rings. The van der Waals surface area contributed by atoms with Crippen LogP contribution in [0.1, 0.15) is 52.0 Å². The zero-order valence-corrected chi connectivity index (χ0v) is 19.0. The lowest BCUT2D eigenvalue weighted by Crippen LogP contribution is -2.38. The van der Waals surface area contributed by atoms with Crippen molar-refractivity contribution < 1.29 is 23.8 Å². The van der Waals surface area contributed by atoms with Crippen LogP contribution in [0.3, 0.4) is 0 Å². The van der Waals surface area contributed by atoms with Gasteiger partial charge in [-0.1, -0.05) is 25.4 Å². The van der Waals surface area contributed by atoms with E-state index < -0.39 is 11.9 Å². The summed E-state index contributed by atoms with van der Waals surface area (Å²) in [5, 5.41) is 3.65. The van der Waals surface area contributed by atoms with Crippen molar-refractivity contribution in [3.8, 4) is 11.5 Å². The van der Waals surface area contributed by atoms with Crippen molar-refractivity contribution in [1.82, 2.24) is 5.32 Å². The molecule has 0 radical (unpaired) electrons. The molecular formula is C23H28ClNO5. The average Bonchev–Trinajstić information content (AvgIpc) is 2.65. The second kappa shape index (κ2) is 8.34. The molecule has 0 fully saturated rings. The van der Waals surface area contributed by atoms with Gasteiger partial charge in [0.25, 0.3) is 0 Å². The van der Waals surface area contributed by atoms with Gasteiger partial charge in [-0.25, -0.2) is 4.79 Å². The van der Waals surface area contributed by atoms with Crippen LogP contribution in [0, 0.1) is 5.41 Å². The van der Waals surface area contributed by atoms with Gasteiger partial charge in [-0.05, 0) is 43.4 Å². The number of hydrogen-bond acceptors (Lipinski definition) is 6. The predicted molar refractivity (Wildman–Crippen MR) is 115 cm³/mol. The molecule has 0 amide bonds. The fourth-order valence-electron chi connectivity index (χ4n) is 4.35. The van der Waals surface area contributed by atoms with Gasteiger partial charge in [-0.2, -0.15) is 0 Å². The van der Waals surface area contributed by atoms with Crippen molar-refractivity contribution in [2.24, 2.45) is 5.41 Å². The normalized spacial score (nSPS) is 20.5. The number of halogens is 1. The molecule has 3 rings (SSSR count). The Kier molecular flexibility index (Phi) is 6.18. The molecule has 0 aromatic heterocycles. The van der Waals surface area contributed by atoms with Gasteiger partial charge >= 0.3 is 5.97 Å². The largest absolute Gasteiger partial charge is 0.493 e. The van der Waals surface area contributed by atoms with Gasteiger partial charge in [0.2, 0.25) is 0 Å². The summed E-state index contributed by atoms with van der Waals surface area (Å²) in [5.74, 6) is -0.201. The Morgan fingerprint density at radius 3 is 2.53 bits per heavy atom. The number of benzene rings is 1. The van der Waals surface area contributed by atoms with E-state index in [-0.39, 0.29) is 17.8 Å². The van der Waals surface area contributed by atoms with Gasteiger partial charge < -0.3 is 19.5 Å². The number of methoxy groups -OCH3 is 2. The molecule has 1 aromatic rings. The number of ketones is 1. The predicted octanol–water partition coefficient (Wildman–Crippen LogP) is 4.52. The first-order valence-corrected chi connectivity index (χ1v) is 10.3. The van der Waals surface area contributed by atoms with E-state index in [4.69, 9.17) is 25.8 Å². The maximum absolute atomic E-state index is 13.3. The van der Waals surface area contributed by atoms with Gasteiger partial charge in [-0.3, -0.25) is 4.79 Å². The molecule has 1 aliphatic carbocycles. The molecule has 0 spiro atoms. The van der Waals surface area contributed by atoms with Crippen molar-refractivity contribution >= 4 is 23.4 Å². The summed E-state index contributed by atoms with van der Waals surface area (Å²) < 4.78 is 16.1. The van der Waals surface area contributed by atoms with E-state index in [9.17, 15) is 9.59 Å². The Morgan fingerprint density at radius 2 is 1.93 bits per heavy atom. The number of esters is 1. The van der Waals surface area contributed by atoms with Crippen LogP contribution in [0.25, 0.3) is 0 Å². The van der Waals surface area contributed by atoms with Gasteiger partial charge in [-0.15, -0.1) is 0 Å². The van der Waals surface area contributed by atoms with E-state index in [1.165, 1.54) is 14.2 Å². The zero-order chi connectivity index (χ0) is 22.2. The molecule has 1 atom stereocenters. The third-order valence-corrected chi connectivity index (χ3v) is 5.81. The lowest BCUT2D eigenvalue weighted by molar-refractivity contribution is -0.138. The molecule has 1 aliphatic heterocycles. The second-order valence-corrected chi connectivity index (χ2v) is 8.80. The molecule has 7 heteroatoms. The number of dihydropyridines is 1. The van der Waals surface area contributed by atoms with Gasteiger partial charge in [0.15, 0.2) is 17.3 Å². The minimum atomic E-state index is -0.596. The number of carbonyl (C=O) groups excluding carboxylic acids is 2. The number of hydrogen-bond donors (Lipinski definition) is 1. The minimum absolute atomic E-state index is 0.0129. The summed E-state index contributed by atoms with van der Waals surface area (Å²) in [4.78, 5) is 26.2. The maximum Gasteiger partial charge on any atom is 0.336 e. The van der Waals surface area contributed by atoms with E-state index in [1.807, 2.05) is 6.92 Å². The van der Waals surface area contributed by atoms with Crippen LogP contribution in [0.2, 0.25) is 5.02 Å². The van der Waals surface area contributed by atoms with E-state index in [2.05, 4.69) is 19.2 Å². The van der Waals surface area contributed by atoms with Crippen molar-refractivity contribution in [2.75, 3.05) is 20.8 Å². The molecule has 30 heavy (non-hydrogen) atoms. The molecule has 6 nitrogen and oxygen atoms in total. The van der Waals surface area contributed by atoms with Gasteiger partial charge in [0, 0.05) is 29.3 Å². The molecule has 0 saturated carbocycles. The van der Waals surface area contributed by atoms with E-state index in [0.29, 0.717) is 51.8 Å². The topological polar surface area (TPSA) is 73.9 Å². The molecule has 0 bridgehead atoms. The highest BCUT2D eigenvalue weighted by atomic mass is 35.5. The molecule has 1 aromatic carbocycles. The van der Waals surface area contributed by atoms with Crippen LogP contribution < -0.4 is 14.8 Å². The highest BCUT2D eigenvalue weighted by Gasteiger charge is 2.43. The second-order valence-electron chi connectivity index (χ2n) is 8.39. The van der Waals surface area contributed by atoms with Crippen LogP contribution in [0.15, 0.2) is 34.7 Å². The molecule has 162 valence electrons. The van der Waals surface area contributed by atoms with E-state index in [0.717, 1.165) is 5.70 Å². The maximum atomic E-state index is 13.3. The zero-order valence-electron chi connectivity index (χ0n) is 18.3. The lowest BCUT2D eigenvalue weighted by atomic mass is 9.68. The summed E-state index contributed by atoms with van der Waals surface area (Å²) in [6.45, 7) is 7.96. The molecule has 1 heterocycles. The Morgan fingerprint density at radius 1 is 1.23 bits per heavy atom. The highest BCUT2D eigenvalue weighted by Crippen LogP contribution is 2.49. The molecule has 1 N–H and O–H groups in total. The summed E-state index contributed by atoms with van der Waals surface area (Å²) >= 11 is 6.46. The lowest BCUT2D eigenvalue weighted by Gasteiger charge is -2.39. The fraction of sp³-hybridized carbons (Fsp3) is 0.478. The third-order valence-electron chi connectivity index (χ3n) is 5.52. The number of Topliss-reactive ketones (excluding diaryl/α,β-unsaturated/α-hetero) is 1. The molecule has 0 saturated heterocycles. The first-order chi connectivity index (χ1) is 14.1. The Balaban J connectivity index is 2.25. The summed E-state index contributed by atoms with van der Waals surface area (Å²) in [7, 11) is 3.03. The van der Waals surface area contributed by atoms with Crippen LogP contribution >= 0.6 is 11.6 Å². The van der Waals surface area contributed by atoms with Crippen molar-refractivity contribution in [3.05, 3.63) is 45.3 Å². The van der Waals surface area contributed by atoms with Crippen molar-refractivity contribution in [1.29, 1.82) is 0 Å². The van der Waals surface area contributed by atoms with Crippen LogP contribution in [-0.4, -0.2) is 32.6 Å². The average molecular weight is 434 g/mol. The van der Waals surface area contributed by atoms with Crippen LogP contribution in [-0.2, 0) is 14.3 Å². The van der Waals surface area contributed by atoms with Gasteiger partial charge in [0.1, 0.15) is 0 Å². The number of allylic oxidation sites excluding steroid dienone is 3. The summed E-state index contributed by atoms with van der Waals surface area (Å²) in [6, 6.07) is 3.49. The highest BCUT2D eigenvalue weighted by molar-refractivity contribution is 6.32. The summed E-state index contributed by atoms with van der Waals surface area (Å²) in [6.07, 6.45) is 1.11. The van der Waals surface area contributed by atoms with Gasteiger partial charge in [0.05, 0.1) is 31.4 Å². The Labute approximate surface area is 182 Å². The van der Waals surface area contributed by atoms with E-state index >= 15 is 0 Å². The van der Waals surface area contributed by atoms with Crippen molar-refractivity contribution in [3.63, 3.8) is 0 Å². The first kappa shape index (κ1) is 22.2. The Hall–Kier alpha value is -2.47. The first-order valence-electron chi connectivity index (χ1n) is 9.96. The minimum Gasteiger partial charge on any atom is -0.493 e. The van der Waals surface area contributed by atoms with Crippen LogP contribution in [0.5, 0.6) is 11.5 Å². The molecular weight excluding hydrogens is 406 g/mol. The fourth-order valence-corrected chi connectivity index (χ4v) is 4.65. The number of carbonyl (C=O) groups is 2. The standard InChI is InChI=1S/C23H28ClNO5/c1-7-30-22(27)18-12(2)25-15-10-23(3,4)11-16(26)20(15)19(18)13-8-14(24)21(29-6)17(9-13)28-5/h8-9,19,25H,7,10-11H2,1-6H3/t19-/m1/s1. The summed E-state index contributed by atoms with van der Waals surface area (Å²) in [5.41, 5.74) is 3.04. The third kappa shape index (κ3) is 3.93. The SMILES string of the molecule is CCOC(=O)C1=C(C)NC2=C(C(=O)CC(C)(C)C2)[C@@H]1c1cc(Cl)c(OC)c(OC)c1. The van der Waals surface area contributed by atoms with E-state index in [1.54, 1.807) is 19.1 Å². The Bertz CT molecular complexity index is 961. The quantitative estimate of drug-likeness (QED) is 0.688. The molecule has 0 unspecified atom stereocenters. The van der Waals surface area contributed by atoms with Crippen LogP contribution in [0.4, 0.5) is 0 Å². The smallest absolute Gasteiger partial charge is 0.336 e.